The smallest absolute Gasteiger partial charge is 0.265 e. The number of carbonyl (C=O) groups excluding carboxylic acids is 1. The van der Waals surface area contributed by atoms with Crippen molar-refractivity contribution >= 4 is 27.3 Å². The molecule has 0 aliphatic rings. The molecule has 1 N–H and O–H groups in total. The third-order valence-corrected chi connectivity index (χ3v) is 5.14. The maximum atomic E-state index is 12.5. The first kappa shape index (κ1) is 19.8. The number of ether oxygens (including phenoxy) is 1. The molecule has 0 unspecified atom stereocenters. The summed E-state index contributed by atoms with van der Waals surface area (Å²) in [6.45, 7) is 3.85. The highest BCUT2D eigenvalue weighted by Gasteiger charge is 2.19. The quantitative estimate of drug-likeness (QED) is 0.805. The van der Waals surface area contributed by atoms with E-state index in [1.54, 1.807) is 24.3 Å². The summed E-state index contributed by atoms with van der Waals surface area (Å²) in [5.41, 5.74) is 2.09. The highest BCUT2D eigenvalue weighted by molar-refractivity contribution is 7.92. The Labute approximate surface area is 154 Å². The van der Waals surface area contributed by atoms with E-state index in [0.29, 0.717) is 23.5 Å². The predicted molar refractivity (Wildman–Crippen MR) is 104 cm³/mol. The Balaban J connectivity index is 2.11. The van der Waals surface area contributed by atoms with Gasteiger partial charge in [0.15, 0.2) is 6.10 Å². The SMILES string of the molecule is CC[C@@H](Oc1ccc(C)cc1)C(=O)Nc1cccc(N(C)S(C)(=O)=O)c1. The van der Waals surface area contributed by atoms with Crippen molar-refractivity contribution in [1.29, 1.82) is 0 Å². The van der Waals surface area contributed by atoms with Crippen molar-refractivity contribution in [3.05, 3.63) is 54.1 Å². The van der Waals surface area contributed by atoms with Gasteiger partial charge in [-0.3, -0.25) is 9.10 Å². The molecule has 0 bridgehead atoms. The average Bonchev–Trinajstić information content (AvgIpc) is 2.60. The van der Waals surface area contributed by atoms with Crippen LogP contribution in [-0.4, -0.2) is 33.7 Å². The number of nitrogens with one attached hydrogen (secondary N) is 1. The number of sulfonamides is 1. The zero-order valence-electron chi connectivity index (χ0n) is 15.4. The molecule has 0 aromatic heterocycles. The van der Waals surface area contributed by atoms with Gasteiger partial charge in [0.05, 0.1) is 11.9 Å². The Kier molecular flexibility index (Phi) is 6.26. The van der Waals surface area contributed by atoms with Crippen LogP contribution in [0, 0.1) is 6.92 Å². The summed E-state index contributed by atoms with van der Waals surface area (Å²) in [5.74, 6) is 0.343. The van der Waals surface area contributed by atoms with E-state index in [0.717, 1.165) is 16.1 Å². The molecule has 1 amide bonds. The van der Waals surface area contributed by atoms with Gasteiger partial charge in [0.25, 0.3) is 5.91 Å². The van der Waals surface area contributed by atoms with E-state index < -0.39 is 16.1 Å². The van der Waals surface area contributed by atoms with Crippen molar-refractivity contribution in [3.63, 3.8) is 0 Å². The standard InChI is InChI=1S/C19H24N2O4S/c1-5-18(25-17-11-9-14(2)10-12-17)19(22)20-15-7-6-8-16(13-15)21(3)26(4,23)24/h6-13,18H,5H2,1-4H3,(H,20,22)/t18-/m1/s1. The van der Waals surface area contributed by atoms with E-state index in [1.807, 2.05) is 38.1 Å². The van der Waals surface area contributed by atoms with E-state index in [9.17, 15) is 13.2 Å². The molecule has 0 radical (unpaired) electrons. The summed E-state index contributed by atoms with van der Waals surface area (Å²) >= 11 is 0. The van der Waals surface area contributed by atoms with E-state index in [4.69, 9.17) is 4.74 Å². The van der Waals surface area contributed by atoms with Crippen molar-refractivity contribution in [2.45, 2.75) is 26.4 Å². The van der Waals surface area contributed by atoms with Crippen LogP contribution in [0.3, 0.4) is 0 Å². The van der Waals surface area contributed by atoms with Gasteiger partial charge in [-0.1, -0.05) is 30.7 Å². The first-order valence-corrected chi connectivity index (χ1v) is 10.1. The number of hydrogen-bond donors (Lipinski definition) is 1. The van der Waals surface area contributed by atoms with Gasteiger partial charge in [0, 0.05) is 12.7 Å². The van der Waals surface area contributed by atoms with E-state index in [-0.39, 0.29) is 5.91 Å². The second-order valence-corrected chi connectivity index (χ2v) is 8.11. The summed E-state index contributed by atoms with van der Waals surface area (Å²) < 4.78 is 30.3. The fraction of sp³-hybridized carbons (Fsp3) is 0.316. The second kappa shape index (κ2) is 8.23. The van der Waals surface area contributed by atoms with Crippen LogP contribution in [0.2, 0.25) is 0 Å². The Morgan fingerprint density at radius 1 is 1.19 bits per heavy atom. The lowest BCUT2D eigenvalue weighted by atomic mass is 10.2. The number of amides is 1. The van der Waals surface area contributed by atoms with E-state index in [1.165, 1.54) is 7.05 Å². The molecular formula is C19H24N2O4S. The number of benzene rings is 2. The van der Waals surface area contributed by atoms with Gasteiger partial charge in [-0.25, -0.2) is 8.42 Å². The maximum Gasteiger partial charge on any atom is 0.265 e. The highest BCUT2D eigenvalue weighted by Crippen LogP contribution is 2.21. The van der Waals surface area contributed by atoms with Crippen LogP contribution in [0.15, 0.2) is 48.5 Å². The zero-order valence-corrected chi connectivity index (χ0v) is 16.2. The topological polar surface area (TPSA) is 75.7 Å². The Hall–Kier alpha value is -2.54. The van der Waals surface area contributed by atoms with Gasteiger partial charge in [0.2, 0.25) is 10.0 Å². The van der Waals surface area contributed by atoms with Crippen molar-refractivity contribution in [2.24, 2.45) is 0 Å². The summed E-state index contributed by atoms with van der Waals surface area (Å²) in [7, 11) is -1.91. The average molecular weight is 376 g/mol. The van der Waals surface area contributed by atoms with Crippen LogP contribution < -0.4 is 14.4 Å². The second-order valence-electron chi connectivity index (χ2n) is 6.10. The summed E-state index contributed by atoms with van der Waals surface area (Å²) in [4.78, 5) is 12.5. The lowest BCUT2D eigenvalue weighted by Gasteiger charge is -2.19. The van der Waals surface area contributed by atoms with Crippen LogP contribution in [0.1, 0.15) is 18.9 Å². The van der Waals surface area contributed by atoms with Crippen molar-refractivity contribution < 1.29 is 17.9 Å². The molecule has 0 heterocycles. The van der Waals surface area contributed by atoms with Crippen LogP contribution >= 0.6 is 0 Å². The number of nitrogens with zero attached hydrogens (tertiary/aromatic N) is 1. The highest BCUT2D eigenvalue weighted by atomic mass is 32.2. The largest absolute Gasteiger partial charge is 0.481 e. The molecule has 0 aliphatic heterocycles. The summed E-state index contributed by atoms with van der Waals surface area (Å²) in [6.07, 6.45) is 0.984. The molecule has 2 aromatic carbocycles. The van der Waals surface area contributed by atoms with Crippen LogP contribution in [-0.2, 0) is 14.8 Å². The molecule has 2 rings (SSSR count). The number of hydrogen-bond acceptors (Lipinski definition) is 4. The predicted octanol–water partition coefficient (Wildman–Crippen LogP) is 3.19. The minimum atomic E-state index is -3.37. The number of aryl methyl sites for hydroxylation is 1. The van der Waals surface area contributed by atoms with Gasteiger partial charge in [-0.05, 0) is 43.7 Å². The van der Waals surface area contributed by atoms with E-state index >= 15 is 0 Å². The number of anilines is 2. The molecule has 7 heteroatoms. The molecule has 140 valence electrons. The Bertz CT molecular complexity index is 863. The molecule has 0 saturated carbocycles. The first-order valence-electron chi connectivity index (χ1n) is 8.29. The molecular weight excluding hydrogens is 352 g/mol. The number of carbonyl (C=O) groups is 1. The molecule has 0 aliphatic carbocycles. The molecule has 6 nitrogen and oxygen atoms in total. The van der Waals surface area contributed by atoms with Gasteiger partial charge in [-0.2, -0.15) is 0 Å². The summed E-state index contributed by atoms with van der Waals surface area (Å²) in [5, 5.41) is 2.79. The first-order chi connectivity index (χ1) is 12.2. The van der Waals surface area contributed by atoms with Gasteiger partial charge in [0.1, 0.15) is 5.75 Å². The number of rotatable bonds is 7. The van der Waals surface area contributed by atoms with Gasteiger partial charge < -0.3 is 10.1 Å². The third-order valence-electron chi connectivity index (χ3n) is 3.94. The van der Waals surface area contributed by atoms with Crippen molar-refractivity contribution in [2.75, 3.05) is 22.9 Å². The van der Waals surface area contributed by atoms with Crippen LogP contribution in [0.5, 0.6) is 5.75 Å². The van der Waals surface area contributed by atoms with Crippen LogP contribution in [0.4, 0.5) is 11.4 Å². The zero-order chi connectivity index (χ0) is 19.3. The molecule has 1 atom stereocenters. The fourth-order valence-electron chi connectivity index (χ4n) is 2.30. The monoisotopic (exact) mass is 376 g/mol. The lowest BCUT2D eigenvalue weighted by Crippen LogP contribution is -2.32. The maximum absolute atomic E-state index is 12.5. The molecule has 0 spiro atoms. The minimum absolute atomic E-state index is 0.285. The minimum Gasteiger partial charge on any atom is -0.481 e. The summed E-state index contributed by atoms with van der Waals surface area (Å²) in [6, 6.07) is 14.2. The van der Waals surface area contributed by atoms with Crippen molar-refractivity contribution in [3.8, 4) is 5.75 Å². The van der Waals surface area contributed by atoms with Gasteiger partial charge >= 0.3 is 0 Å². The van der Waals surface area contributed by atoms with E-state index in [2.05, 4.69) is 5.32 Å². The molecule has 0 fully saturated rings. The molecule has 0 saturated heterocycles. The van der Waals surface area contributed by atoms with Crippen molar-refractivity contribution in [1.82, 2.24) is 0 Å². The molecule has 2 aromatic rings. The van der Waals surface area contributed by atoms with Crippen LogP contribution in [0.25, 0.3) is 0 Å². The van der Waals surface area contributed by atoms with Gasteiger partial charge in [-0.15, -0.1) is 0 Å². The lowest BCUT2D eigenvalue weighted by molar-refractivity contribution is -0.122. The molecule has 26 heavy (non-hydrogen) atoms. The normalized spacial score (nSPS) is 12.3. The fourth-order valence-corrected chi connectivity index (χ4v) is 2.79. The Morgan fingerprint density at radius 3 is 2.42 bits per heavy atom. The third kappa shape index (κ3) is 5.23. The Morgan fingerprint density at radius 2 is 1.85 bits per heavy atom.